The van der Waals surface area contributed by atoms with Crippen LogP contribution in [0.5, 0.6) is 0 Å². The normalized spacial score (nSPS) is 9.29. The summed E-state index contributed by atoms with van der Waals surface area (Å²) in [7, 11) is 0.777. The molecule has 0 nitrogen and oxygen atoms in total. The largest absolute Gasteiger partial charge is 0.0654 e. The Balaban J connectivity index is 0.000000317. The lowest BCUT2D eigenvalue weighted by atomic mass is 10.4. The molecule has 90 valence electrons. The molecule has 0 aliphatic rings. The van der Waals surface area contributed by atoms with E-state index in [2.05, 4.69) is 74.5 Å². The number of benzene rings is 2. The van der Waals surface area contributed by atoms with Crippen molar-refractivity contribution in [3.05, 3.63) is 60.7 Å². The van der Waals surface area contributed by atoms with E-state index in [1.54, 1.807) is 0 Å². The highest BCUT2D eigenvalue weighted by atomic mass is 31.1. The average molecular weight is 244 g/mol. The van der Waals surface area contributed by atoms with Crippen LogP contribution in [-0.2, 0) is 0 Å². The zero-order valence-corrected chi connectivity index (χ0v) is 11.7. The molecule has 2 rings (SSSR count). The molecule has 0 aromatic heterocycles. The molecule has 2 aromatic rings. The summed E-state index contributed by atoms with van der Waals surface area (Å²) >= 11 is 0. The monoisotopic (exact) mass is 244 g/mol. The van der Waals surface area contributed by atoms with Crippen LogP contribution in [0.25, 0.3) is 0 Å². The molecule has 0 bridgehead atoms. The molecule has 0 aliphatic heterocycles. The SMILES string of the molecule is CCCC.c1ccc(Pc2ccccc2)cc1. The summed E-state index contributed by atoms with van der Waals surface area (Å²) in [5.41, 5.74) is 0. The van der Waals surface area contributed by atoms with Gasteiger partial charge in [-0.05, 0) is 10.6 Å². The highest BCUT2D eigenvalue weighted by molar-refractivity contribution is 7.55. The fourth-order valence-electron chi connectivity index (χ4n) is 1.21. The third-order valence-corrected chi connectivity index (χ3v) is 3.58. The molecule has 0 atom stereocenters. The summed E-state index contributed by atoms with van der Waals surface area (Å²) in [4.78, 5) is 0. The highest BCUT2D eigenvalue weighted by Gasteiger charge is 1.92. The maximum atomic E-state index is 2.18. The first-order valence-electron chi connectivity index (χ1n) is 6.24. The van der Waals surface area contributed by atoms with Crippen molar-refractivity contribution in [1.82, 2.24) is 0 Å². The van der Waals surface area contributed by atoms with Crippen molar-refractivity contribution in [3.63, 3.8) is 0 Å². The molecule has 0 spiro atoms. The third kappa shape index (κ3) is 6.24. The van der Waals surface area contributed by atoms with Crippen LogP contribution in [0.2, 0.25) is 0 Å². The molecule has 0 saturated heterocycles. The molecule has 0 aliphatic carbocycles. The Morgan fingerprint density at radius 3 is 1.29 bits per heavy atom. The summed E-state index contributed by atoms with van der Waals surface area (Å²) in [5, 5.41) is 2.79. The summed E-state index contributed by atoms with van der Waals surface area (Å²) in [6.07, 6.45) is 2.64. The van der Waals surface area contributed by atoms with E-state index in [1.165, 1.54) is 23.5 Å². The van der Waals surface area contributed by atoms with E-state index in [-0.39, 0.29) is 0 Å². The van der Waals surface area contributed by atoms with Gasteiger partial charge in [0.2, 0.25) is 0 Å². The second-order valence-electron chi connectivity index (χ2n) is 3.86. The average Bonchev–Trinajstić information content (AvgIpc) is 2.41. The van der Waals surface area contributed by atoms with E-state index in [0.29, 0.717) is 0 Å². The lowest BCUT2D eigenvalue weighted by Crippen LogP contribution is -2.01. The van der Waals surface area contributed by atoms with Crippen LogP contribution in [0.3, 0.4) is 0 Å². The summed E-state index contributed by atoms with van der Waals surface area (Å²) in [6, 6.07) is 21.2. The molecule has 0 fully saturated rings. The first kappa shape index (κ1) is 13.9. The first-order chi connectivity index (χ1) is 8.36. The van der Waals surface area contributed by atoms with E-state index in [4.69, 9.17) is 0 Å². The number of hydrogen-bond acceptors (Lipinski definition) is 0. The van der Waals surface area contributed by atoms with E-state index in [0.717, 1.165) is 8.58 Å². The minimum atomic E-state index is 0.777. The molecule has 2 aromatic carbocycles. The number of rotatable bonds is 3. The highest BCUT2D eigenvalue weighted by Crippen LogP contribution is 2.08. The molecule has 0 radical (unpaired) electrons. The third-order valence-electron chi connectivity index (χ3n) is 2.34. The Kier molecular flexibility index (Phi) is 7.34. The van der Waals surface area contributed by atoms with Gasteiger partial charge in [0, 0.05) is 0 Å². The fourth-order valence-corrected chi connectivity index (χ4v) is 2.26. The molecule has 0 heterocycles. The van der Waals surface area contributed by atoms with Crippen molar-refractivity contribution in [2.75, 3.05) is 0 Å². The molecule has 0 saturated carbocycles. The van der Waals surface area contributed by atoms with Crippen molar-refractivity contribution < 1.29 is 0 Å². The summed E-state index contributed by atoms with van der Waals surface area (Å²) < 4.78 is 0. The van der Waals surface area contributed by atoms with Crippen molar-refractivity contribution in [3.8, 4) is 0 Å². The van der Waals surface area contributed by atoms with Crippen LogP contribution >= 0.6 is 8.58 Å². The molecule has 0 amide bonds. The van der Waals surface area contributed by atoms with Crippen LogP contribution in [0.4, 0.5) is 0 Å². The van der Waals surface area contributed by atoms with E-state index in [1.807, 2.05) is 0 Å². The van der Waals surface area contributed by atoms with Crippen LogP contribution < -0.4 is 10.6 Å². The van der Waals surface area contributed by atoms with Gasteiger partial charge in [0.25, 0.3) is 0 Å². The predicted molar refractivity (Wildman–Crippen MR) is 81.0 cm³/mol. The van der Waals surface area contributed by atoms with Crippen molar-refractivity contribution >= 4 is 19.2 Å². The van der Waals surface area contributed by atoms with Crippen molar-refractivity contribution in [2.45, 2.75) is 26.7 Å². The smallest absolute Gasteiger partial charge is 0.0226 e. The summed E-state index contributed by atoms with van der Waals surface area (Å²) in [6.45, 7) is 4.36. The Hall–Kier alpha value is -1.13. The zero-order valence-electron chi connectivity index (χ0n) is 10.7. The number of hydrogen-bond donors (Lipinski definition) is 0. The standard InChI is InChI=1S/C12H11P.C4H10/c1-3-7-11(8-4-1)13-12-9-5-2-6-10-12;1-3-4-2/h1-10,13H;3-4H2,1-2H3. The van der Waals surface area contributed by atoms with Crippen LogP contribution in [0.15, 0.2) is 60.7 Å². The molecule has 0 N–H and O–H groups in total. The Morgan fingerprint density at radius 2 is 1.00 bits per heavy atom. The lowest BCUT2D eigenvalue weighted by Gasteiger charge is -2.00. The quantitative estimate of drug-likeness (QED) is 0.712. The number of unbranched alkanes of at least 4 members (excludes halogenated alkanes) is 1. The second kappa shape index (κ2) is 8.96. The van der Waals surface area contributed by atoms with Gasteiger partial charge in [-0.1, -0.05) is 95.9 Å². The molecular weight excluding hydrogens is 223 g/mol. The van der Waals surface area contributed by atoms with Gasteiger partial charge >= 0.3 is 0 Å². The first-order valence-corrected chi connectivity index (χ1v) is 7.24. The Bertz CT molecular complexity index is 341. The van der Waals surface area contributed by atoms with E-state index < -0.39 is 0 Å². The maximum absolute atomic E-state index is 2.18. The molecular formula is C16H21P. The van der Waals surface area contributed by atoms with Crippen LogP contribution in [-0.4, -0.2) is 0 Å². The van der Waals surface area contributed by atoms with E-state index in [9.17, 15) is 0 Å². The van der Waals surface area contributed by atoms with E-state index >= 15 is 0 Å². The minimum Gasteiger partial charge on any atom is -0.0654 e. The van der Waals surface area contributed by atoms with Gasteiger partial charge in [0.15, 0.2) is 0 Å². The van der Waals surface area contributed by atoms with Crippen molar-refractivity contribution in [1.29, 1.82) is 0 Å². The fraction of sp³-hybridized carbons (Fsp3) is 0.250. The zero-order chi connectivity index (χ0) is 12.3. The molecule has 0 unspecified atom stereocenters. The lowest BCUT2D eigenvalue weighted by molar-refractivity contribution is 0.886. The molecule has 17 heavy (non-hydrogen) atoms. The maximum Gasteiger partial charge on any atom is -0.0226 e. The second-order valence-corrected chi connectivity index (χ2v) is 5.26. The van der Waals surface area contributed by atoms with Gasteiger partial charge in [0.05, 0.1) is 0 Å². The topological polar surface area (TPSA) is 0 Å². The van der Waals surface area contributed by atoms with Crippen LogP contribution in [0, 0.1) is 0 Å². The minimum absolute atomic E-state index is 0.777. The van der Waals surface area contributed by atoms with Gasteiger partial charge in [-0.3, -0.25) is 0 Å². The van der Waals surface area contributed by atoms with Crippen molar-refractivity contribution in [2.24, 2.45) is 0 Å². The Morgan fingerprint density at radius 1 is 0.647 bits per heavy atom. The predicted octanol–water partition coefficient (Wildman–Crippen LogP) is 4.12. The van der Waals surface area contributed by atoms with Gasteiger partial charge in [-0.25, -0.2) is 0 Å². The molecule has 1 heteroatoms. The van der Waals surface area contributed by atoms with Gasteiger partial charge in [-0.15, -0.1) is 0 Å². The van der Waals surface area contributed by atoms with Crippen LogP contribution in [0.1, 0.15) is 26.7 Å². The van der Waals surface area contributed by atoms with Gasteiger partial charge in [-0.2, -0.15) is 0 Å². The van der Waals surface area contributed by atoms with Gasteiger partial charge < -0.3 is 0 Å². The Labute approximate surface area is 107 Å². The summed E-state index contributed by atoms with van der Waals surface area (Å²) in [5.74, 6) is 0. The van der Waals surface area contributed by atoms with Gasteiger partial charge in [0.1, 0.15) is 0 Å².